The monoisotopic (exact) mass is 441 g/mol. The van der Waals surface area contributed by atoms with Gasteiger partial charge < -0.3 is 19.9 Å². The summed E-state index contributed by atoms with van der Waals surface area (Å²) in [4.78, 5) is 28.1. The van der Waals surface area contributed by atoms with Crippen LogP contribution in [0.5, 0.6) is 0 Å². The second-order valence-electron chi connectivity index (χ2n) is 6.45. The number of aromatic nitrogens is 1. The van der Waals surface area contributed by atoms with E-state index in [1.807, 2.05) is 0 Å². The molecule has 0 bridgehead atoms. The number of carbonyl (C=O) groups is 1. The van der Waals surface area contributed by atoms with E-state index in [4.69, 9.17) is 21.8 Å². The Hall–Kier alpha value is -3.04. The summed E-state index contributed by atoms with van der Waals surface area (Å²) in [7, 11) is 0. The van der Waals surface area contributed by atoms with E-state index in [0.717, 1.165) is 18.2 Å². The number of nitrogens with one attached hydrogen (secondary N) is 2. The molecule has 0 spiro atoms. The summed E-state index contributed by atoms with van der Waals surface area (Å²) >= 11 is 5.71. The summed E-state index contributed by atoms with van der Waals surface area (Å²) in [5.74, 6) is -3.43. The first-order chi connectivity index (χ1) is 15.8. The number of rotatable bonds is 2. The van der Waals surface area contributed by atoms with Crippen molar-refractivity contribution in [2.75, 3.05) is 18.9 Å². The molecule has 1 atom stereocenters. The molecule has 0 radical (unpaired) electrons. The van der Waals surface area contributed by atoms with Crippen LogP contribution < -0.4 is 10.9 Å². The molecule has 4 rings (SSSR count). The fourth-order valence-corrected chi connectivity index (χ4v) is 3.36. The van der Waals surface area contributed by atoms with E-state index in [2.05, 4.69) is 10.3 Å². The number of urea groups is 1. The van der Waals surface area contributed by atoms with E-state index in [0.29, 0.717) is 12.1 Å². The predicted molar refractivity (Wildman–Crippen MR) is 105 cm³/mol. The molecule has 156 valence electrons. The van der Waals surface area contributed by atoms with Crippen molar-refractivity contribution in [1.29, 1.82) is 0 Å². The van der Waals surface area contributed by atoms with Crippen LogP contribution in [-0.2, 0) is 11.3 Å². The van der Waals surface area contributed by atoms with Crippen LogP contribution in [0.3, 0.4) is 0 Å². The quantitative estimate of drug-likeness (QED) is 0.621. The maximum atomic E-state index is 14.1. The lowest BCUT2D eigenvalue weighted by molar-refractivity contribution is 0.0527. The van der Waals surface area contributed by atoms with Crippen molar-refractivity contribution in [1.82, 2.24) is 9.88 Å². The lowest BCUT2D eigenvalue weighted by Gasteiger charge is -2.33. The van der Waals surface area contributed by atoms with Gasteiger partial charge in [0.15, 0.2) is 11.6 Å². The minimum absolute atomic E-state index is 0.0642. The molecule has 10 heteroatoms. The normalized spacial score (nSPS) is 20.5. The summed E-state index contributed by atoms with van der Waals surface area (Å²) in [5, 5.41) is 1.31. The summed E-state index contributed by atoms with van der Waals surface area (Å²) < 4.78 is 79.5. The average molecular weight is 442 g/mol. The maximum absolute atomic E-state index is 14.1. The number of H-pyrrole nitrogens is 1. The topological polar surface area (TPSA) is 74.4 Å². The number of ether oxygens (including phenoxy) is 1. The molecule has 2 aromatic carbocycles. The van der Waals surface area contributed by atoms with Gasteiger partial charge in [-0.1, -0.05) is 11.6 Å². The Morgan fingerprint density at radius 1 is 1.27 bits per heavy atom. The third-order valence-corrected chi connectivity index (χ3v) is 4.85. The van der Waals surface area contributed by atoms with Gasteiger partial charge >= 0.3 is 6.03 Å². The van der Waals surface area contributed by atoms with Gasteiger partial charge in [-0.2, -0.15) is 0 Å². The molecule has 2 N–H and O–H groups in total. The first-order valence-corrected chi connectivity index (χ1v) is 8.89. The SMILES string of the molecule is [2H]C([2H])([2H])N(C(=O)Nc1ccc(F)c(Cl)c1)[C@]1([2H])COCc2[nH]c(=O)c3cc(F)c(F)cc3c21. The van der Waals surface area contributed by atoms with Crippen LogP contribution >= 0.6 is 11.6 Å². The molecule has 1 aliphatic rings. The number of benzene rings is 2. The van der Waals surface area contributed by atoms with Crippen LogP contribution in [0.1, 0.15) is 22.8 Å². The number of fused-ring (bicyclic) bond motifs is 3. The van der Waals surface area contributed by atoms with Gasteiger partial charge in [0.25, 0.3) is 5.56 Å². The highest BCUT2D eigenvalue weighted by Crippen LogP contribution is 2.34. The van der Waals surface area contributed by atoms with E-state index in [1.165, 1.54) is 0 Å². The highest BCUT2D eigenvalue weighted by Gasteiger charge is 2.31. The number of nitrogens with zero attached hydrogens (tertiary/aromatic N) is 1. The van der Waals surface area contributed by atoms with E-state index in [-0.39, 0.29) is 44.2 Å². The van der Waals surface area contributed by atoms with Gasteiger partial charge in [0.2, 0.25) is 0 Å². The number of hydrogen-bond donors (Lipinski definition) is 2. The van der Waals surface area contributed by atoms with Crippen LogP contribution in [0.15, 0.2) is 35.1 Å². The van der Waals surface area contributed by atoms with E-state index >= 15 is 0 Å². The molecule has 0 aliphatic carbocycles. The Bertz CT molecular complexity index is 1390. The van der Waals surface area contributed by atoms with Gasteiger partial charge in [0.1, 0.15) is 5.82 Å². The van der Waals surface area contributed by atoms with Crippen molar-refractivity contribution in [3.63, 3.8) is 0 Å². The first kappa shape index (κ1) is 15.8. The second-order valence-corrected chi connectivity index (χ2v) is 6.86. The minimum atomic E-state index is -3.24. The number of hydrogen-bond acceptors (Lipinski definition) is 3. The molecular formula is C20H15ClF3N3O3. The molecule has 0 unspecified atom stereocenters. The number of aromatic amines is 1. The molecule has 2 amide bonds. The van der Waals surface area contributed by atoms with Gasteiger partial charge in [-0.05, 0) is 35.7 Å². The smallest absolute Gasteiger partial charge is 0.322 e. The van der Waals surface area contributed by atoms with Crippen molar-refractivity contribution in [3.8, 4) is 0 Å². The van der Waals surface area contributed by atoms with Gasteiger partial charge in [-0.25, -0.2) is 18.0 Å². The lowest BCUT2D eigenvalue weighted by atomic mass is 9.95. The fourth-order valence-electron chi connectivity index (χ4n) is 3.18. The van der Waals surface area contributed by atoms with Crippen LogP contribution in [0, 0.1) is 17.5 Å². The highest BCUT2D eigenvalue weighted by molar-refractivity contribution is 6.31. The Kier molecular flexibility index (Phi) is 4.02. The minimum Gasteiger partial charge on any atom is -0.373 e. The number of pyridine rings is 1. The van der Waals surface area contributed by atoms with Crippen LogP contribution in [0.4, 0.5) is 23.7 Å². The highest BCUT2D eigenvalue weighted by atomic mass is 35.5. The molecule has 30 heavy (non-hydrogen) atoms. The maximum Gasteiger partial charge on any atom is 0.322 e. The summed E-state index contributed by atoms with van der Waals surface area (Å²) in [6.07, 6.45) is 0. The molecule has 0 fully saturated rings. The van der Waals surface area contributed by atoms with Gasteiger partial charge in [0.05, 0.1) is 31.0 Å². The van der Waals surface area contributed by atoms with Crippen molar-refractivity contribution < 1.29 is 28.2 Å². The Morgan fingerprint density at radius 3 is 2.70 bits per heavy atom. The van der Waals surface area contributed by atoms with Gasteiger partial charge in [-0.3, -0.25) is 4.79 Å². The Morgan fingerprint density at radius 2 is 2.00 bits per heavy atom. The van der Waals surface area contributed by atoms with Crippen molar-refractivity contribution >= 4 is 34.1 Å². The number of likely N-dealkylation sites (N-methyl/N-ethyl adjacent to an activating group) is 1. The molecule has 1 aliphatic heterocycles. The van der Waals surface area contributed by atoms with Crippen LogP contribution in [0.2, 0.25) is 5.02 Å². The first-order valence-electron chi connectivity index (χ1n) is 10.5. The van der Waals surface area contributed by atoms with E-state index < -0.39 is 48.6 Å². The Labute approximate surface area is 178 Å². The predicted octanol–water partition coefficient (Wildman–Crippen LogP) is 4.33. The molecule has 3 aromatic rings. The number of amides is 2. The zero-order valence-corrected chi connectivity index (χ0v) is 15.7. The number of halogens is 4. The third-order valence-electron chi connectivity index (χ3n) is 4.56. The zero-order valence-electron chi connectivity index (χ0n) is 19.0. The summed E-state index contributed by atoms with van der Waals surface area (Å²) in [5.41, 5.74) is -1.19. The molecular weight excluding hydrogens is 423 g/mol. The largest absolute Gasteiger partial charge is 0.373 e. The van der Waals surface area contributed by atoms with E-state index in [1.54, 1.807) is 0 Å². The molecule has 2 heterocycles. The lowest BCUT2D eigenvalue weighted by Crippen LogP contribution is -2.39. The molecule has 0 saturated heterocycles. The van der Waals surface area contributed by atoms with E-state index in [9.17, 15) is 22.8 Å². The van der Waals surface area contributed by atoms with Crippen molar-refractivity contribution in [2.45, 2.75) is 12.6 Å². The molecule has 6 nitrogen and oxygen atoms in total. The number of anilines is 1. The molecule has 0 saturated carbocycles. The zero-order chi connectivity index (χ0) is 25.0. The standard InChI is InChI=1S/C20H15ClF3N3O3/c1-27(20(29)25-9-2-3-13(22)12(21)4-9)17-8-30-7-16-18(17)10-5-14(23)15(24)6-11(10)19(28)26-16/h2-6,17H,7-8H2,1H3,(H,25,29)(H,26,28)/t17-/m1/s1/i1D3,17D. The second kappa shape index (κ2) is 7.66. The summed E-state index contributed by atoms with van der Waals surface area (Å²) in [6, 6.07) is 0.588. The fraction of sp³-hybridized carbons (Fsp3) is 0.200. The van der Waals surface area contributed by atoms with Crippen molar-refractivity contribution in [3.05, 3.63) is 74.4 Å². The number of carbonyl (C=O) groups excluding carboxylic acids is 1. The van der Waals surface area contributed by atoms with Crippen molar-refractivity contribution in [2.24, 2.45) is 0 Å². The molecule has 1 aromatic heterocycles. The summed E-state index contributed by atoms with van der Waals surface area (Å²) in [6.45, 7) is -4.19. The Balaban J connectivity index is 1.91. The van der Waals surface area contributed by atoms with Gasteiger partial charge in [-0.15, -0.1) is 0 Å². The average Bonchev–Trinajstić information content (AvgIpc) is 2.71. The van der Waals surface area contributed by atoms with Gasteiger partial charge in [0, 0.05) is 28.0 Å². The third kappa shape index (κ3) is 3.50. The van der Waals surface area contributed by atoms with Crippen LogP contribution in [0.25, 0.3) is 10.8 Å². The van der Waals surface area contributed by atoms with Crippen LogP contribution in [-0.4, -0.2) is 29.5 Å².